The zero-order valence-electron chi connectivity index (χ0n) is 11.6. The summed E-state index contributed by atoms with van der Waals surface area (Å²) in [6, 6.07) is 7.96. The van der Waals surface area contributed by atoms with Gasteiger partial charge in [0, 0.05) is 16.2 Å². The molecule has 0 bridgehead atoms. The summed E-state index contributed by atoms with van der Waals surface area (Å²) in [5, 5.41) is 12.6. The molecule has 0 fully saturated rings. The molecule has 4 N–H and O–H groups in total. The predicted octanol–water partition coefficient (Wildman–Crippen LogP) is 3.31. The van der Waals surface area contributed by atoms with Crippen LogP contribution in [0.1, 0.15) is 15.9 Å². The van der Waals surface area contributed by atoms with Crippen molar-refractivity contribution in [2.24, 2.45) is 0 Å². The van der Waals surface area contributed by atoms with Gasteiger partial charge in [0.1, 0.15) is 11.5 Å². The lowest BCUT2D eigenvalue weighted by molar-refractivity contribution is 0.102. The van der Waals surface area contributed by atoms with Gasteiger partial charge in [-0.3, -0.25) is 4.79 Å². The van der Waals surface area contributed by atoms with Crippen molar-refractivity contribution >= 4 is 33.2 Å². The lowest BCUT2D eigenvalue weighted by Gasteiger charge is -2.11. The van der Waals surface area contributed by atoms with Gasteiger partial charge in [0.25, 0.3) is 5.91 Å². The molecule has 0 saturated carbocycles. The molecule has 0 aliphatic heterocycles. The van der Waals surface area contributed by atoms with E-state index in [9.17, 15) is 9.90 Å². The summed E-state index contributed by atoms with van der Waals surface area (Å²) >= 11 is 3.37. The van der Waals surface area contributed by atoms with Gasteiger partial charge in [-0.2, -0.15) is 0 Å². The maximum absolute atomic E-state index is 12.2. The molecule has 1 amide bonds. The van der Waals surface area contributed by atoms with Gasteiger partial charge in [-0.05, 0) is 52.7 Å². The van der Waals surface area contributed by atoms with Gasteiger partial charge in [0.2, 0.25) is 0 Å². The molecule has 0 unspecified atom stereocenters. The zero-order valence-corrected chi connectivity index (χ0v) is 13.2. The predicted molar refractivity (Wildman–Crippen MR) is 85.9 cm³/mol. The Bertz CT molecular complexity index is 702. The number of benzene rings is 2. The first-order chi connectivity index (χ1) is 9.92. The van der Waals surface area contributed by atoms with Gasteiger partial charge in [-0.15, -0.1) is 0 Å². The van der Waals surface area contributed by atoms with Crippen molar-refractivity contribution in [3.63, 3.8) is 0 Å². The number of aryl methyl sites for hydroxylation is 1. The van der Waals surface area contributed by atoms with Crippen LogP contribution in [0.25, 0.3) is 0 Å². The molecule has 0 saturated heterocycles. The minimum absolute atomic E-state index is 0.150. The number of carbonyl (C=O) groups excluding carboxylic acids is 1. The third-order valence-corrected chi connectivity index (χ3v) is 3.71. The maximum Gasteiger partial charge on any atom is 0.259 e. The number of nitrogen functional groups attached to an aromatic ring is 1. The normalized spacial score (nSPS) is 10.2. The summed E-state index contributed by atoms with van der Waals surface area (Å²) in [6.07, 6.45) is 0. The van der Waals surface area contributed by atoms with Crippen LogP contribution in [0, 0.1) is 6.92 Å². The van der Waals surface area contributed by atoms with Gasteiger partial charge in [0.05, 0.1) is 18.4 Å². The summed E-state index contributed by atoms with van der Waals surface area (Å²) in [4.78, 5) is 12.2. The Morgan fingerprint density at radius 1 is 1.33 bits per heavy atom. The molecule has 0 atom stereocenters. The number of rotatable bonds is 3. The molecule has 2 aromatic rings. The maximum atomic E-state index is 12.2. The topological polar surface area (TPSA) is 84.6 Å². The number of aromatic hydroxyl groups is 1. The van der Waals surface area contributed by atoms with Crippen molar-refractivity contribution in [3.8, 4) is 11.5 Å². The lowest BCUT2D eigenvalue weighted by Crippen LogP contribution is -2.13. The number of nitrogens with two attached hydrogens (primary N) is 1. The number of methoxy groups -OCH3 is 1. The molecule has 2 aromatic carbocycles. The van der Waals surface area contributed by atoms with E-state index in [1.165, 1.54) is 19.2 Å². The van der Waals surface area contributed by atoms with E-state index in [1.54, 1.807) is 12.1 Å². The minimum Gasteiger partial charge on any atom is -0.507 e. The van der Waals surface area contributed by atoms with Crippen LogP contribution >= 0.6 is 15.9 Å². The second-order valence-electron chi connectivity index (χ2n) is 4.53. The first-order valence-electron chi connectivity index (χ1n) is 6.16. The largest absolute Gasteiger partial charge is 0.507 e. The molecular weight excluding hydrogens is 336 g/mol. The smallest absolute Gasteiger partial charge is 0.259 e. The molecular formula is C15H15BrN2O3. The molecule has 21 heavy (non-hydrogen) atoms. The van der Waals surface area contributed by atoms with E-state index in [1.807, 2.05) is 13.0 Å². The van der Waals surface area contributed by atoms with Crippen molar-refractivity contribution in [2.75, 3.05) is 18.2 Å². The summed E-state index contributed by atoms with van der Waals surface area (Å²) in [5.74, 6) is -0.105. The van der Waals surface area contributed by atoms with Crippen LogP contribution in [0.4, 0.5) is 11.4 Å². The molecule has 2 rings (SSSR count). The Kier molecular flexibility index (Phi) is 4.37. The first kappa shape index (κ1) is 15.2. The summed E-state index contributed by atoms with van der Waals surface area (Å²) in [7, 11) is 1.49. The second kappa shape index (κ2) is 6.05. The van der Waals surface area contributed by atoms with Crippen molar-refractivity contribution < 1.29 is 14.6 Å². The fourth-order valence-corrected chi connectivity index (χ4v) is 2.36. The highest BCUT2D eigenvalue weighted by molar-refractivity contribution is 9.10. The van der Waals surface area contributed by atoms with Crippen LogP contribution in [0.3, 0.4) is 0 Å². The van der Waals surface area contributed by atoms with Crippen LogP contribution in [-0.2, 0) is 0 Å². The zero-order chi connectivity index (χ0) is 15.6. The quantitative estimate of drug-likeness (QED) is 0.741. The third-order valence-electron chi connectivity index (χ3n) is 3.05. The van der Waals surface area contributed by atoms with Gasteiger partial charge >= 0.3 is 0 Å². The number of phenolic OH excluding ortho intramolecular Hbond substituents is 1. The number of hydrogen-bond acceptors (Lipinski definition) is 4. The first-order valence-corrected chi connectivity index (χ1v) is 6.95. The number of carbonyl (C=O) groups is 1. The lowest BCUT2D eigenvalue weighted by atomic mass is 10.1. The fourth-order valence-electron chi connectivity index (χ4n) is 1.81. The highest BCUT2D eigenvalue weighted by atomic mass is 79.9. The molecule has 6 heteroatoms. The standard InChI is InChI=1S/C15H15BrN2O3/c1-8-5-11(16)13(7-12(8)17)18-15(20)10-4-3-9(21-2)6-14(10)19/h3-7,19H,17H2,1-2H3,(H,18,20). The number of phenols is 1. The number of anilines is 2. The van der Waals surface area contributed by atoms with E-state index in [-0.39, 0.29) is 11.3 Å². The van der Waals surface area contributed by atoms with Gasteiger partial charge < -0.3 is 20.9 Å². The average molecular weight is 351 g/mol. The number of nitrogens with one attached hydrogen (secondary N) is 1. The Morgan fingerprint density at radius 2 is 2.05 bits per heavy atom. The Hall–Kier alpha value is -2.21. The molecule has 0 aliphatic carbocycles. The monoisotopic (exact) mass is 350 g/mol. The molecule has 0 heterocycles. The number of ether oxygens (including phenoxy) is 1. The average Bonchev–Trinajstić information content (AvgIpc) is 2.44. The molecule has 0 aromatic heterocycles. The third kappa shape index (κ3) is 3.28. The van der Waals surface area contributed by atoms with Gasteiger partial charge in [-0.1, -0.05) is 0 Å². The van der Waals surface area contributed by atoms with Gasteiger partial charge in [0.15, 0.2) is 0 Å². The number of halogens is 1. The highest BCUT2D eigenvalue weighted by Gasteiger charge is 2.14. The molecule has 0 radical (unpaired) electrons. The van der Waals surface area contributed by atoms with E-state index in [4.69, 9.17) is 10.5 Å². The van der Waals surface area contributed by atoms with E-state index < -0.39 is 5.91 Å². The summed E-state index contributed by atoms with van der Waals surface area (Å²) in [5.41, 5.74) is 8.01. The molecule has 0 spiro atoms. The Balaban J connectivity index is 2.28. The van der Waals surface area contributed by atoms with Crippen molar-refractivity contribution in [2.45, 2.75) is 6.92 Å². The SMILES string of the molecule is COc1ccc(C(=O)Nc2cc(N)c(C)cc2Br)c(O)c1. The van der Waals surface area contributed by atoms with Crippen LogP contribution in [-0.4, -0.2) is 18.1 Å². The van der Waals surface area contributed by atoms with Crippen molar-refractivity contribution in [3.05, 3.63) is 45.9 Å². The molecule has 0 aliphatic rings. The van der Waals surface area contributed by atoms with Crippen LogP contribution in [0.5, 0.6) is 11.5 Å². The van der Waals surface area contributed by atoms with E-state index in [2.05, 4.69) is 21.2 Å². The summed E-state index contributed by atoms with van der Waals surface area (Å²) < 4.78 is 5.70. The number of amides is 1. The summed E-state index contributed by atoms with van der Waals surface area (Å²) in [6.45, 7) is 1.88. The van der Waals surface area contributed by atoms with Crippen LogP contribution in [0.2, 0.25) is 0 Å². The number of hydrogen-bond donors (Lipinski definition) is 3. The van der Waals surface area contributed by atoms with Crippen LogP contribution < -0.4 is 15.8 Å². The fraction of sp³-hybridized carbons (Fsp3) is 0.133. The minimum atomic E-state index is -0.431. The van der Waals surface area contributed by atoms with Gasteiger partial charge in [-0.25, -0.2) is 0 Å². The highest BCUT2D eigenvalue weighted by Crippen LogP contribution is 2.29. The van der Waals surface area contributed by atoms with Crippen LogP contribution in [0.15, 0.2) is 34.8 Å². The second-order valence-corrected chi connectivity index (χ2v) is 5.38. The molecule has 110 valence electrons. The van der Waals surface area contributed by atoms with E-state index >= 15 is 0 Å². The van der Waals surface area contributed by atoms with Crippen molar-refractivity contribution in [1.29, 1.82) is 0 Å². The Labute approximate surface area is 130 Å². The Morgan fingerprint density at radius 3 is 2.67 bits per heavy atom. The van der Waals surface area contributed by atoms with Crippen molar-refractivity contribution in [1.82, 2.24) is 0 Å². The molecule has 5 nitrogen and oxygen atoms in total. The van der Waals surface area contributed by atoms with E-state index in [0.717, 1.165) is 10.0 Å². The van der Waals surface area contributed by atoms with E-state index in [0.29, 0.717) is 17.1 Å².